The average molecular weight is 201 g/mol. The summed E-state index contributed by atoms with van der Waals surface area (Å²) in [6.45, 7) is 2.08. The van der Waals surface area contributed by atoms with E-state index in [1.54, 1.807) is 6.92 Å². The van der Waals surface area contributed by atoms with Crippen molar-refractivity contribution in [3.63, 3.8) is 0 Å². The summed E-state index contributed by atoms with van der Waals surface area (Å²) in [4.78, 5) is 21.5. The van der Waals surface area contributed by atoms with Crippen LogP contribution in [0.25, 0.3) is 0 Å². The van der Waals surface area contributed by atoms with Crippen LogP contribution in [-0.2, 0) is 9.53 Å². The molecule has 1 rings (SSSR count). The van der Waals surface area contributed by atoms with Gasteiger partial charge in [-0.2, -0.15) is 0 Å². The van der Waals surface area contributed by atoms with E-state index < -0.39 is 6.04 Å². The first kappa shape index (κ1) is 10.9. The largest absolute Gasteiger partial charge is 0.466 e. The predicted molar refractivity (Wildman–Crippen MR) is 49.4 cm³/mol. The van der Waals surface area contributed by atoms with Crippen molar-refractivity contribution in [2.75, 3.05) is 6.61 Å². The van der Waals surface area contributed by atoms with E-state index in [0.717, 1.165) is 12.8 Å². The molecule has 1 fully saturated rings. The highest BCUT2D eigenvalue weighted by Crippen LogP contribution is 2.30. The first-order valence-corrected chi connectivity index (χ1v) is 4.94. The fourth-order valence-corrected chi connectivity index (χ4v) is 1.97. The Bertz CT molecular complexity index is 229. The molecular weight excluding hydrogens is 186 g/mol. The van der Waals surface area contributed by atoms with Gasteiger partial charge >= 0.3 is 5.97 Å². The van der Waals surface area contributed by atoms with Crippen molar-refractivity contribution in [3.05, 3.63) is 10.1 Å². The molecule has 2 atom stereocenters. The van der Waals surface area contributed by atoms with E-state index in [1.807, 2.05) is 0 Å². The van der Waals surface area contributed by atoms with Gasteiger partial charge in [0.1, 0.15) is 0 Å². The van der Waals surface area contributed by atoms with Crippen molar-refractivity contribution in [2.45, 2.75) is 38.6 Å². The molecule has 0 bridgehead atoms. The van der Waals surface area contributed by atoms with E-state index in [2.05, 4.69) is 0 Å². The van der Waals surface area contributed by atoms with Gasteiger partial charge in [0.25, 0.3) is 0 Å². The summed E-state index contributed by atoms with van der Waals surface area (Å²) < 4.78 is 4.77. The van der Waals surface area contributed by atoms with Gasteiger partial charge in [0, 0.05) is 17.3 Å². The molecule has 0 saturated heterocycles. The molecule has 1 saturated carbocycles. The molecule has 0 aromatic carbocycles. The number of carbonyl (C=O) groups excluding carboxylic acids is 1. The summed E-state index contributed by atoms with van der Waals surface area (Å²) in [6.07, 6.45) is 2.40. The van der Waals surface area contributed by atoms with Crippen molar-refractivity contribution in [1.82, 2.24) is 0 Å². The van der Waals surface area contributed by atoms with Gasteiger partial charge in [-0.25, -0.2) is 0 Å². The maximum absolute atomic E-state index is 11.1. The molecule has 0 aliphatic heterocycles. The SMILES string of the molecule is CCOC(=O)C[C@@H]1CCC[C@@H]1[N+](=O)[O-]. The number of esters is 1. The Morgan fingerprint density at radius 3 is 2.86 bits per heavy atom. The van der Waals surface area contributed by atoms with Gasteiger partial charge in [0.15, 0.2) is 0 Å². The second-order valence-electron chi connectivity index (χ2n) is 3.55. The molecule has 1 aliphatic carbocycles. The van der Waals surface area contributed by atoms with Crippen molar-refractivity contribution in [3.8, 4) is 0 Å². The molecule has 0 radical (unpaired) electrons. The van der Waals surface area contributed by atoms with Gasteiger partial charge in [-0.1, -0.05) is 0 Å². The van der Waals surface area contributed by atoms with E-state index in [1.165, 1.54) is 0 Å². The maximum atomic E-state index is 11.1. The zero-order valence-electron chi connectivity index (χ0n) is 8.27. The van der Waals surface area contributed by atoms with Crippen LogP contribution in [0.5, 0.6) is 0 Å². The lowest BCUT2D eigenvalue weighted by Gasteiger charge is -2.11. The summed E-state index contributed by atoms with van der Waals surface area (Å²) in [5.74, 6) is -0.435. The molecular formula is C9H15NO4. The quantitative estimate of drug-likeness (QED) is 0.391. The first-order chi connectivity index (χ1) is 6.65. The molecule has 0 amide bonds. The minimum absolute atomic E-state index is 0.121. The predicted octanol–water partition coefficient (Wildman–Crippen LogP) is 1.39. The minimum Gasteiger partial charge on any atom is -0.466 e. The smallest absolute Gasteiger partial charge is 0.306 e. The summed E-state index contributed by atoms with van der Waals surface area (Å²) in [6, 6.07) is -0.542. The number of hydrogen-bond donors (Lipinski definition) is 0. The number of rotatable bonds is 4. The lowest BCUT2D eigenvalue weighted by Crippen LogP contribution is -2.26. The monoisotopic (exact) mass is 201 g/mol. The Kier molecular flexibility index (Phi) is 3.85. The molecule has 0 heterocycles. The van der Waals surface area contributed by atoms with Crippen LogP contribution >= 0.6 is 0 Å². The van der Waals surface area contributed by atoms with Gasteiger partial charge < -0.3 is 4.74 Å². The standard InChI is InChI=1S/C9H15NO4/c1-2-14-9(11)6-7-4-3-5-8(7)10(12)13/h7-8H,2-6H2,1H3/t7-,8-/m0/s1. The van der Waals surface area contributed by atoms with E-state index in [4.69, 9.17) is 4.74 Å². The van der Waals surface area contributed by atoms with Crippen LogP contribution in [0, 0.1) is 16.0 Å². The third-order valence-electron chi connectivity index (χ3n) is 2.62. The van der Waals surface area contributed by atoms with Crippen molar-refractivity contribution in [1.29, 1.82) is 0 Å². The summed E-state index contributed by atoms with van der Waals surface area (Å²) in [5, 5.41) is 10.6. The normalized spacial score (nSPS) is 26.1. The number of carbonyl (C=O) groups is 1. The van der Waals surface area contributed by atoms with E-state index >= 15 is 0 Å². The van der Waals surface area contributed by atoms with Crippen LogP contribution in [0.4, 0.5) is 0 Å². The van der Waals surface area contributed by atoms with Crippen LogP contribution in [0.2, 0.25) is 0 Å². The molecule has 0 aromatic rings. The average Bonchev–Trinajstić information content (AvgIpc) is 2.52. The number of hydrogen-bond acceptors (Lipinski definition) is 4. The molecule has 0 unspecified atom stereocenters. The second kappa shape index (κ2) is 4.93. The summed E-state index contributed by atoms with van der Waals surface area (Å²) in [5.41, 5.74) is 0. The molecule has 14 heavy (non-hydrogen) atoms. The van der Waals surface area contributed by atoms with Crippen molar-refractivity contribution < 1.29 is 14.5 Å². The molecule has 0 spiro atoms. The van der Waals surface area contributed by atoms with Crippen molar-refractivity contribution >= 4 is 5.97 Å². The highest BCUT2D eigenvalue weighted by molar-refractivity contribution is 5.69. The first-order valence-electron chi connectivity index (χ1n) is 4.94. The van der Waals surface area contributed by atoms with Crippen LogP contribution in [0.1, 0.15) is 32.6 Å². The third kappa shape index (κ3) is 2.68. The fraction of sp³-hybridized carbons (Fsp3) is 0.889. The van der Waals surface area contributed by atoms with Crippen LogP contribution < -0.4 is 0 Å². The van der Waals surface area contributed by atoms with Crippen molar-refractivity contribution in [2.24, 2.45) is 5.92 Å². The molecule has 1 aliphatic rings. The zero-order valence-corrected chi connectivity index (χ0v) is 8.27. The zero-order chi connectivity index (χ0) is 10.6. The highest BCUT2D eigenvalue weighted by Gasteiger charge is 2.37. The van der Waals surface area contributed by atoms with Crippen LogP contribution in [-0.4, -0.2) is 23.5 Å². The van der Waals surface area contributed by atoms with E-state index in [9.17, 15) is 14.9 Å². The highest BCUT2D eigenvalue weighted by atomic mass is 16.6. The van der Waals surface area contributed by atoms with Crippen LogP contribution in [0.15, 0.2) is 0 Å². The van der Waals surface area contributed by atoms with Gasteiger partial charge in [-0.05, 0) is 19.8 Å². The Balaban J connectivity index is 2.43. The second-order valence-corrected chi connectivity index (χ2v) is 3.55. The van der Waals surface area contributed by atoms with E-state index in [0.29, 0.717) is 13.0 Å². The number of nitro groups is 1. The van der Waals surface area contributed by atoms with Gasteiger partial charge in [-0.3, -0.25) is 14.9 Å². The molecule has 5 heteroatoms. The Morgan fingerprint density at radius 1 is 1.57 bits per heavy atom. The lowest BCUT2D eigenvalue weighted by atomic mass is 10.0. The molecule has 0 aromatic heterocycles. The topological polar surface area (TPSA) is 69.4 Å². The van der Waals surface area contributed by atoms with Crippen LogP contribution in [0.3, 0.4) is 0 Å². The lowest BCUT2D eigenvalue weighted by molar-refractivity contribution is -0.528. The molecule has 80 valence electrons. The summed E-state index contributed by atoms with van der Waals surface area (Å²) >= 11 is 0. The Labute approximate surface area is 82.6 Å². The maximum Gasteiger partial charge on any atom is 0.306 e. The Hall–Kier alpha value is -1.13. The minimum atomic E-state index is -0.542. The number of nitrogens with zero attached hydrogens (tertiary/aromatic N) is 1. The number of ether oxygens (including phenoxy) is 1. The van der Waals surface area contributed by atoms with Gasteiger partial charge in [-0.15, -0.1) is 0 Å². The fourth-order valence-electron chi connectivity index (χ4n) is 1.97. The third-order valence-corrected chi connectivity index (χ3v) is 2.62. The summed E-state index contributed by atoms with van der Waals surface area (Å²) in [7, 11) is 0. The van der Waals surface area contributed by atoms with Gasteiger partial charge in [0.2, 0.25) is 6.04 Å². The van der Waals surface area contributed by atoms with Gasteiger partial charge in [0.05, 0.1) is 13.0 Å². The molecule has 0 N–H and O–H groups in total. The molecule has 5 nitrogen and oxygen atoms in total. The Morgan fingerprint density at radius 2 is 2.29 bits per heavy atom. The van der Waals surface area contributed by atoms with E-state index in [-0.39, 0.29) is 23.2 Å².